The molecule has 1 aromatic heterocycles. The molecule has 1 rings (SSSR count). The monoisotopic (exact) mass is 246 g/mol. The van der Waals surface area contributed by atoms with E-state index in [4.69, 9.17) is 22.0 Å². The second-order valence-electron chi connectivity index (χ2n) is 2.76. The van der Waals surface area contributed by atoms with Gasteiger partial charge in [-0.1, -0.05) is 0 Å². The lowest BCUT2D eigenvalue weighted by atomic mass is 10.0. The maximum absolute atomic E-state index is 12.7. The topological polar surface area (TPSA) is 74.0 Å². The predicted molar refractivity (Wildman–Crippen MR) is 50.4 cm³/mol. The van der Waals surface area contributed by atoms with Gasteiger partial charge in [-0.25, -0.2) is 13.6 Å². The summed E-state index contributed by atoms with van der Waals surface area (Å²) in [6, 6.07) is 1.47. The summed E-state index contributed by atoms with van der Waals surface area (Å²) in [6.45, 7) is 0. The lowest BCUT2D eigenvalue weighted by Crippen LogP contribution is -2.11. The molecular weight excluding hydrogens is 242 g/mol. The van der Waals surface area contributed by atoms with Crippen molar-refractivity contribution in [3.05, 3.63) is 28.6 Å². The zero-order valence-electron chi connectivity index (χ0n) is 7.75. The summed E-state index contributed by atoms with van der Waals surface area (Å²) in [7, 11) is 0. The molecule has 0 amide bonds. The third-order valence-electron chi connectivity index (χ3n) is 1.88. The molecule has 0 aliphatic rings. The molecule has 1 heterocycles. The number of nitriles is 1. The van der Waals surface area contributed by atoms with Crippen molar-refractivity contribution in [1.82, 2.24) is 4.98 Å². The van der Waals surface area contributed by atoms with Crippen LogP contribution in [-0.4, -0.2) is 16.1 Å². The van der Waals surface area contributed by atoms with Crippen LogP contribution in [0.5, 0.6) is 0 Å². The maximum atomic E-state index is 12.7. The average Bonchev–Trinajstić information content (AvgIpc) is 2.26. The maximum Gasteiger partial charge on any atom is 0.338 e. The SMILES string of the molecule is N#Cc1cnc(CCl)c(C(=O)O)c1C(F)F. The molecule has 0 aliphatic carbocycles. The molecule has 0 saturated carbocycles. The van der Waals surface area contributed by atoms with E-state index < -0.39 is 29.1 Å². The highest BCUT2D eigenvalue weighted by molar-refractivity contribution is 6.17. The van der Waals surface area contributed by atoms with Crippen LogP contribution in [0.4, 0.5) is 8.78 Å². The number of halogens is 3. The number of alkyl halides is 3. The standard InChI is InChI=1S/C9H5ClF2N2O2/c10-1-5-7(9(15)16)6(8(11)12)4(2-13)3-14-5/h3,8H,1H2,(H,15,16). The normalized spacial score (nSPS) is 10.2. The average molecular weight is 247 g/mol. The Morgan fingerprint density at radius 3 is 2.69 bits per heavy atom. The predicted octanol–water partition coefficient (Wildman–Crippen LogP) is 2.33. The number of pyridine rings is 1. The molecule has 1 N–H and O–H groups in total. The number of rotatable bonds is 3. The number of aromatic nitrogens is 1. The Hall–Kier alpha value is -1.74. The number of aromatic carboxylic acids is 1. The van der Waals surface area contributed by atoms with Gasteiger partial charge in [-0.2, -0.15) is 5.26 Å². The van der Waals surface area contributed by atoms with Crippen molar-refractivity contribution < 1.29 is 18.7 Å². The van der Waals surface area contributed by atoms with Gasteiger partial charge in [0.25, 0.3) is 6.43 Å². The molecule has 0 saturated heterocycles. The Kier molecular flexibility index (Phi) is 3.74. The van der Waals surface area contributed by atoms with Crippen LogP contribution >= 0.6 is 11.6 Å². The minimum absolute atomic E-state index is 0.177. The van der Waals surface area contributed by atoms with Gasteiger partial charge in [0.2, 0.25) is 0 Å². The van der Waals surface area contributed by atoms with Crippen LogP contribution in [-0.2, 0) is 5.88 Å². The van der Waals surface area contributed by atoms with Crippen molar-refractivity contribution in [2.75, 3.05) is 0 Å². The molecule has 4 nitrogen and oxygen atoms in total. The quantitative estimate of drug-likeness (QED) is 0.831. The highest BCUT2D eigenvalue weighted by atomic mass is 35.5. The zero-order chi connectivity index (χ0) is 12.3. The molecule has 0 unspecified atom stereocenters. The Bertz CT molecular complexity index is 471. The van der Waals surface area contributed by atoms with Crippen molar-refractivity contribution in [3.63, 3.8) is 0 Å². The van der Waals surface area contributed by atoms with Gasteiger partial charge in [-0.15, -0.1) is 11.6 Å². The molecule has 0 bridgehead atoms. The Morgan fingerprint density at radius 1 is 1.69 bits per heavy atom. The van der Waals surface area contributed by atoms with Crippen LogP contribution < -0.4 is 0 Å². The fourth-order valence-electron chi connectivity index (χ4n) is 1.22. The fraction of sp³-hybridized carbons (Fsp3) is 0.222. The molecule has 0 spiro atoms. The molecule has 0 fully saturated rings. The number of carboxylic acids is 1. The molecule has 0 atom stereocenters. The van der Waals surface area contributed by atoms with Gasteiger partial charge in [-0.05, 0) is 0 Å². The van der Waals surface area contributed by atoms with E-state index in [0.717, 1.165) is 6.20 Å². The van der Waals surface area contributed by atoms with Gasteiger partial charge in [-0.3, -0.25) is 4.98 Å². The van der Waals surface area contributed by atoms with Crippen LogP contribution in [0.3, 0.4) is 0 Å². The summed E-state index contributed by atoms with van der Waals surface area (Å²) in [5, 5.41) is 17.4. The molecule has 7 heteroatoms. The number of hydrogen-bond donors (Lipinski definition) is 1. The fourth-order valence-corrected chi connectivity index (χ4v) is 1.43. The first-order valence-corrected chi connectivity index (χ1v) is 4.55. The van der Waals surface area contributed by atoms with Crippen molar-refractivity contribution in [2.45, 2.75) is 12.3 Å². The van der Waals surface area contributed by atoms with E-state index in [1.54, 1.807) is 0 Å². The van der Waals surface area contributed by atoms with Crippen LogP contribution in [0.25, 0.3) is 0 Å². The summed E-state index contributed by atoms with van der Waals surface area (Å²) in [5.74, 6) is -1.89. The molecule has 0 aromatic carbocycles. The second-order valence-corrected chi connectivity index (χ2v) is 3.03. The van der Waals surface area contributed by atoms with Crippen molar-refractivity contribution in [2.24, 2.45) is 0 Å². The van der Waals surface area contributed by atoms with Crippen LogP contribution in [0.15, 0.2) is 6.20 Å². The van der Waals surface area contributed by atoms with E-state index >= 15 is 0 Å². The van der Waals surface area contributed by atoms with Gasteiger partial charge in [0.05, 0.1) is 28.3 Å². The van der Waals surface area contributed by atoms with Crippen molar-refractivity contribution in [3.8, 4) is 6.07 Å². The Morgan fingerprint density at radius 2 is 2.31 bits per heavy atom. The van der Waals surface area contributed by atoms with Gasteiger partial charge >= 0.3 is 5.97 Å². The number of carboxylic acid groups (broad SMARTS) is 1. The molecule has 16 heavy (non-hydrogen) atoms. The van der Waals surface area contributed by atoms with E-state index in [9.17, 15) is 13.6 Å². The minimum atomic E-state index is -3.06. The molecule has 0 radical (unpaired) electrons. The number of carbonyl (C=O) groups is 1. The zero-order valence-corrected chi connectivity index (χ0v) is 8.50. The molecule has 1 aromatic rings. The molecular formula is C9H5ClF2N2O2. The molecule has 0 aliphatic heterocycles. The number of hydrogen-bond acceptors (Lipinski definition) is 3. The third-order valence-corrected chi connectivity index (χ3v) is 2.13. The van der Waals surface area contributed by atoms with Crippen LogP contribution in [0.2, 0.25) is 0 Å². The first-order chi connectivity index (χ1) is 7.52. The first kappa shape index (κ1) is 12.3. The van der Waals surface area contributed by atoms with E-state index in [2.05, 4.69) is 4.98 Å². The Balaban J connectivity index is 3.61. The highest BCUT2D eigenvalue weighted by Crippen LogP contribution is 2.28. The largest absolute Gasteiger partial charge is 0.478 e. The lowest BCUT2D eigenvalue weighted by Gasteiger charge is -2.09. The van der Waals surface area contributed by atoms with E-state index in [0.29, 0.717) is 0 Å². The van der Waals surface area contributed by atoms with Crippen molar-refractivity contribution in [1.29, 1.82) is 5.26 Å². The van der Waals surface area contributed by atoms with Gasteiger partial charge in [0, 0.05) is 6.20 Å². The summed E-state index contributed by atoms with van der Waals surface area (Å²) >= 11 is 5.39. The van der Waals surface area contributed by atoms with Gasteiger partial charge < -0.3 is 5.11 Å². The summed E-state index contributed by atoms with van der Waals surface area (Å²) < 4.78 is 25.3. The summed E-state index contributed by atoms with van der Waals surface area (Å²) in [4.78, 5) is 14.4. The summed E-state index contributed by atoms with van der Waals surface area (Å²) in [5.41, 5.74) is -2.16. The first-order valence-electron chi connectivity index (χ1n) is 4.02. The van der Waals surface area contributed by atoms with Crippen LogP contribution in [0.1, 0.15) is 33.6 Å². The summed E-state index contributed by atoms with van der Waals surface area (Å²) in [6.07, 6.45) is -2.17. The lowest BCUT2D eigenvalue weighted by molar-refractivity contribution is 0.0682. The number of nitrogens with zero attached hydrogens (tertiary/aromatic N) is 2. The second kappa shape index (κ2) is 4.86. The van der Waals surface area contributed by atoms with E-state index in [-0.39, 0.29) is 11.6 Å². The highest BCUT2D eigenvalue weighted by Gasteiger charge is 2.26. The van der Waals surface area contributed by atoms with Crippen LogP contribution in [0, 0.1) is 11.3 Å². The third kappa shape index (κ3) is 2.09. The smallest absolute Gasteiger partial charge is 0.338 e. The Labute approximate surface area is 94.1 Å². The molecule has 84 valence electrons. The van der Waals surface area contributed by atoms with E-state index in [1.165, 1.54) is 6.07 Å². The van der Waals surface area contributed by atoms with Gasteiger partial charge in [0.15, 0.2) is 0 Å². The van der Waals surface area contributed by atoms with Gasteiger partial charge in [0.1, 0.15) is 6.07 Å². The van der Waals surface area contributed by atoms with Crippen molar-refractivity contribution >= 4 is 17.6 Å². The van der Waals surface area contributed by atoms with E-state index in [1.807, 2.05) is 0 Å². The minimum Gasteiger partial charge on any atom is -0.478 e.